The lowest BCUT2D eigenvalue weighted by Gasteiger charge is -2.15. The van der Waals surface area contributed by atoms with Gasteiger partial charge in [0.25, 0.3) is 5.91 Å². The molecular weight excluding hydrogens is 270 g/mol. The summed E-state index contributed by atoms with van der Waals surface area (Å²) in [5, 5.41) is 11.7. The second kappa shape index (κ2) is 8.79. The molecule has 1 atom stereocenters. The molecule has 0 aliphatic carbocycles. The van der Waals surface area contributed by atoms with Crippen LogP contribution < -0.4 is 10.1 Å². The number of aliphatic carboxylic acids is 1. The number of unbranched alkanes of at least 4 members (excludes halogenated alkanes) is 1. The zero-order chi connectivity index (χ0) is 15.7. The quantitative estimate of drug-likeness (QED) is 0.686. The fourth-order valence-electron chi connectivity index (χ4n) is 1.83. The Hall–Kier alpha value is -2.30. The molecule has 5 nitrogen and oxygen atoms in total. The molecule has 1 amide bonds. The van der Waals surface area contributed by atoms with Crippen LogP contribution in [0, 0.1) is 0 Å². The highest BCUT2D eigenvalue weighted by atomic mass is 16.5. The molecule has 21 heavy (non-hydrogen) atoms. The van der Waals surface area contributed by atoms with Crippen LogP contribution in [0.5, 0.6) is 5.75 Å². The number of para-hydroxylation sites is 1. The molecule has 0 bridgehead atoms. The Balaban J connectivity index is 2.81. The summed E-state index contributed by atoms with van der Waals surface area (Å²) < 4.78 is 5.40. The summed E-state index contributed by atoms with van der Waals surface area (Å²) in [6.07, 6.45) is 3.60. The predicted octanol–water partition coefficient (Wildman–Crippen LogP) is 2.62. The molecular formula is C16H21NO4. The summed E-state index contributed by atoms with van der Waals surface area (Å²) in [6.45, 7) is 5.80. The van der Waals surface area contributed by atoms with Gasteiger partial charge >= 0.3 is 5.97 Å². The van der Waals surface area contributed by atoms with Crippen LogP contribution in [0.25, 0.3) is 0 Å². The summed E-state index contributed by atoms with van der Waals surface area (Å²) in [4.78, 5) is 23.4. The van der Waals surface area contributed by atoms with Gasteiger partial charge in [0.15, 0.2) is 0 Å². The average molecular weight is 291 g/mol. The standard InChI is InChI=1S/C16H21NO4/c1-3-5-9-13(16(19)20)17-15(18)12-8-6-7-10-14(12)21-11-4-2/h4,6-8,10,13H,2-3,5,9,11H2,1H3,(H,17,18)(H,19,20). The molecule has 114 valence electrons. The number of carbonyl (C=O) groups is 2. The summed E-state index contributed by atoms with van der Waals surface area (Å²) in [7, 11) is 0. The van der Waals surface area contributed by atoms with E-state index >= 15 is 0 Å². The van der Waals surface area contributed by atoms with Crippen molar-refractivity contribution in [2.45, 2.75) is 32.2 Å². The normalized spacial score (nSPS) is 11.5. The largest absolute Gasteiger partial charge is 0.489 e. The first kappa shape index (κ1) is 16.8. The van der Waals surface area contributed by atoms with Crippen LogP contribution in [0.2, 0.25) is 0 Å². The number of hydrogen-bond donors (Lipinski definition) is 2. The van der Waals surface area contributed by atoms with Crippen LogP contribution in [-0.2, 0) is 4.79 Å². The molecule has 2 N–H and O–H groups in total. The van der Waals surface area contributed by atoms with Gasteiger partial charge in [-0.25, -0.2) is 4.79 Å². The molecule has 0 heterocycles. The van der Waals surface area contributed by atoms with E-state index in [0.29, 0.717) is 17.7 Å². The maximum Gasteiger partial charge on any atom is 0.326 e. The van der Waals surface area contributed by atoms with Crippen molar-refractivity contribution in [3.63, 3.8) is 0 Å². The number of carbonyl (C=O) groups excluding carboxylic acids is 1. The third-order valence-corrected chi connectivity index (χ3v) is 2.94. The second-order valence-electron chi connectivity index (χ2n) is 4.60. The van der Waals surface area contributed by atoms with Gasteiger partial charge in [-0.15, -0.1) is 0 Å². The molecule has 5 heteroatoms. The van der Waals surface area contributed by atoms with Gasteiger partial charge in [-0.1, -0.05) is 44.6 Å². The Bertz CT molecular complexity index is 499. The summed E-state index contributed by atoms with van der Waals surface area (Å²) in [6, 6.07) is 5.84. The minimum absolute atomic E-state index is 0.280. The first-order valence-electron chi connectivity index (χ1n) is 6.96. The molecule has 0 aliphatic rings. The van der Waals surface area contributed by atoms with E-state index < -0.39 is 17.9 Å². The van der Waals surface area contributed by atoms with Crippen molar-refractivity contribution < 1.29 is 19.4 Å². The highest BCUT2D eigenvalue weighted by Crippen LogP contribution is 2.18. The minimum Gasteiger partial charge on any atom is -0.489 e. The third kappa shape index (κ3) is 5.30. The number of carboxylic acids is 1. The Kier molecular flexibility index (Phi) is 7.01. The van der Waals surface area contributed by atoms with Gasteiger partial charge in [0.1, 0.15) is 18.4 Å². The fourth-order valence-corrected chi connectivity index (χ4v) is 1.83. The van der Waals surface area contributed by atoms with Crippen LogP contribution in [0.3, 0.4) is 0 Å². The average Bonchev–Trinajstić information content (AvgIpc) is 2.49. The van der Waals surface area contributed by atoms with Gasteiger partial charge in [-0.05, 0) is 18.6 Å². The monoisotopic (exact) mass is 291 g/mol. The van der Waals surface area contributed by atoms with Crippen molar-refractivity contribution in [3.8, 4) is 5.75 Å². The number of hydrogen-bond acceptors (Lipinski definition) is 3. The van der Waals surface area contributed by atoms with Crippen molar-refractivity contribution in [1.82, 2.24) is 5.32 Å². The smallest absolute Gasteiger partial charge is 0.326 e. The van der Waals surface area contributed by atoms with E-state index in [1.807, 2.05) is 6.92 Å². The molecule has 0 radical (unpaired) electrons. The lowest BCUT2D eigenvalue weighted by molar-refractivity contribution is -0.139. The van der Waals surface area contributed by atoms with E-state index in [0.717, 1.165) is 12.8 Å². The number of amides is 1. The Morgan fingerprint density at radius 1 is 1.43 bits per heavy atom. The Morgan fingerprint density at radius 3 is 2.76 bits per heavy atom. The van der Waals surface area contributed by atoms with E-state index in [4.69, 9.17) is 9.84 Å². The zero-order valence-corrected chi connectivity index (χ0v) is 12.2. The predicted molar refractivity (Wildman–Crippen MR) is 80.5 cm³/mol. The molecule has 1 aromatic rings. The Labute approximate surface area is 124 Å². The number of benzene rings is 1. The summed E-state index contributed by atoms with van der Waals surface area (Å²) in [5.41, 5.74) is 0.321. The molecule has 0 saturated heterocycles. The van der Waals surface area contributed by atoms with Crippen molar-refractivity contribution >= 4 is 11.9 Å². The van der Waals surface area contributed by atoms with Crippen LogP contribution >= 0.6 is 0 Å². The van der Waals surface area contributed by atoms with E-state index in [1.54, 1.807) is 30.3 Å². The van der Waals surface area contributed by atoms with E-state index in [-0.39, 0.29) is 6.61 Å². The van der Waals surface area contributed by atoms with Crippen LogP contribution in [0.1, 0.15) is 36.5 Å². The number of nitrogens with one attached hydrogen (secondary N) is 1. The van der Waals surface area contributed by atoms with E-state index in [9.17, 15) is 9.59 Å². The lowest BCUT2D eigenvalue weighted by atomic mass is 10.1. The van der Waals surface area contributed by atoms with Crippen LogP contribution in [0.4, 0.5) is 0 Å². The van der Waals surface area contributed by atoms with Gasteiger partial charge in [0, 0.05) is 0 Å². The number of rotatable bonds is 9. The summed E-state index contributed by atoms with van der Waals surface area (Å²) >= 11 is 0. The van der Waals surface area contributed by atoms with Gasteiger partial charge in [-0.3, -0.25) is 4.79 Å². The highest BCUT2D eigenvalue weighted by molar-refractivity contribution is 5.98. The van der Waals surface area contributed by atoms with E-state index in [2.05, 4.69) is 11.9 Å². The van der Waals surface area contributed by atoms with Crippen molar-refractivity contribution in [3.05, 3.63) is 42.5 Å². The molecule has 0 spiro atoms. The highest BCUT2D eigenvalue weighted by Gasteiger charge is 2.21. The number of ether oxygens (including phenoxy) is 1. The molecule has 0 fully saturated rings. The van der Waals surface area contributed by atoms with Crippen LogP contribution in [0.15, 0.2) is 36.9 Å². The molecule has 0 aromatic heterocycles. The first-order chi connectivity index (χ1) is 10.1. The number of carboxylic acid groups (broad SMARTS) is 1. The fraction of sp³-hybridized carbons (Fsp3) is 0.375. The lowest BCUT2D eigenvalue weighted by Crippen LogP contribution is -2.40. The zero-order valence-electron chi connectivity index (χ0n) is 12.2. The molecule has 0 aliphatic heterocycles. The van der Waals surface area contributed by atoms with Gasteiger partial charge in [0.2, 0.25) is 0 Å². The van der Waals surface area contributed by atoms with Crippen molar-refractivity contribution in [2.75, 3.05) is 6.61 Å². The molecule has 1 unspecified atom stereocenters. The van der Waals surface area contributed by atoms with Crippen LogP contribution in [-0.4, -0.2) is 29.6 Å². The molecule has 1 rings (SSSR count). The molecule has 1 aromatic carbocycles. The Morgan fingerprint density at radius 2 is 2.14 bits per heavy atom. The topological polar surface area (TPSA) is 75.6 Å². The maximum absolute atomic E-state index is 12.2. The van der Waals surface area contributed by atoms with E-state index in [1.165, 1.54) is 0 Å². The maximum atomic E-state index is 12.2. The third-order valence-electron chi connectivity index (χ3n) is 2.94. The van der Waals surface area contributed by atoms with Gasteiger partial charge in [0.05, 0.1) is 5.56 Å². The van der Waals surface area contributed by atoms with Gasteiger partial charge in [-0.2, -0.15) is 0 Å². The summed E-state index contributed by atoms with van der Waals surface area (Å²) in [5.74, 6) is -1.06. The molecule has 0 saturated carbocycles. The minimum atomic E-state index is -1.03. The van der Waals surface area contributed by atoms with Crippen molar-refractivity contribution in [1.29, 1.82) is 0 Å². The van der Waals surface area contributed by atoms with Gasteiger partial charge < -0.3 is 15.2 Å². The SMILES string of the molecule is C=CCOc1ccccc1C(=O)NC(CCCC)C(=O)O. The first-order valence-corrected chi connectivity index (χ1v) is 6.96. The second-order valence-corrected chi connectivity index (χ2v) is 4.60. The van der Waals surface area contributed by atoms with Crippen molar-refractivity contribution in [2.24, 2.45) is 0 Å².